The van der Waals surface area contributed by atoms with E-state index in [9.17, 15) is 18.0 Å². The zero-order valence-electron chi connectivity index (χ0n) is 17.5. The van der Waals surface area contributed by atoms with Crippen LogP contribution in [-0.4, -0.2) is 41.1 Å². The van der Waals surface area contributed by atoms with Crippen molar-refractivity contribution in [2.45, 2.75) is 4.90 Å². The highest BCUT2D eigenvalue weighted by Crippen LogP contribution is 2.32. The quantitative estimate of drug-likeness (QED) is 0.524. The summed E-state index contributed by atoms with van der Waals surface area (Å²) in [6, 6.07) is 20.5. The van der Waals surface area contributed by atoms with Gasteiger partial charge in [-0.3, -0.25) is 9.10 Å². The van der Waals surface area contributed by atoms with Gasteiger partial charge in [0.25, 0.3) is 10.0 Å². The second-order valence-corrected chi connectivity index (χ2v) is 8.48. The maximum atomic E-state index is 13.4. The van der Waals surface area contributed by atoms with Crippen LogP contribution in [0.2, 0.25) is 0 Å². The molecule has 0 aliphatic carbocycles. The molecular weight excluding hydrogens is 432 g/mol. The van der Waals surface area contributed by atoms with Gasteiger partial charge in [0.15, 0.2) is 0 Å². The topological polar surface area (TPSA) is 102 Å². The van der Waals surface area contributed by atoms with Gasteiger partial charge in [-0.15, -0.1) is 0 Å². The first kappa shape index (κ1) is 22.8. The number of methoxy groups -OCH3 is 2. The monoisotopic (exact) mass is 454 g/mol. The molecule has 0 aromatic heterocycles. The average molecular weight is 455 g/mol. The first-order valence-electron chi connectivity index (χ1n) is 9.56. The molecule has 3 aromatic rings. The van der Waals surface area contributed by atoms with Crippen LogP contribution in [0.3, 0.4) is 0 Å². The first-order valence-corrected chi connectivity index (χ1v) is 11.0. The van der Waals surface area contributed by atoms with Crippen molar-refractivity contribution in [3.8, 4) is 5.75 Å². The minimum atomic E-state index is -4.08. The summed E-state index contributed by atoms with van der Waals surface area (Å²) in [4.78, 5) is 24.6. The summed E-state index contributed by atoms with van der Waals surface area (Å²) in [6.07, 6.45) is 0. The van der Waals surface area contributed by atoms with Gasteiger partial charge in [0.05, 0.1) is 30.4 Å². The molecule has 0 atom stereocenters. The summed E-state index contributed by atoms with van der Waals surface area (Å²) >= 11 is 0. The number of nitrogens with one attached hydrogen (secondary N) is 1. The number of esters is 1. The van der Waals surface area contributed by atoms with E-state index in [1.165, 1.54) is 32.4 Å². The molecule has 0 bridgehead atoms. The number of carbonyl (C=O) groups is 2. The molecule has 32 heavy (non-hydrogen) atoms. The average Bonchev–Trinajstić information content (AvgIpc) is 2.82. The molecule has 0 unspecified atom stereocenters. The Morgan fingerprint density at radius 2 is 1.59 bits per heavy atom. The zero-order chi connectivity index (χ0) is 23.1. The second kappa shape index (κ2) is 9.97. The Kier molecular flexibility index (Phi) is 7.11. The smallest absolute Gasteiger partial charge is 0.337 e. The fourth-order valence-electron chi connectivity index (χ4n) is 3.03. The highest BCUT2D eigenvalue weighted by Gasteiger charge is 2.29. The molecule has 0 saturated heterocycles. The molecule has 8 nitrogen and oxygen atoms in total. The number of anilines is 2. The Hall–Kier alpha value is -3.85. The number of carbonyl (C=O) groups excluding carboxylic acids is 2. The van der Waals surface area contributed by atoms with Gasteiger partial charge in [-0.2, -0.15) is 0 Å². The van der Waals surface area contributed by atoms with Crippen LogP contribution in [0, 0.1) is 0 Å². The summed E-state index contributed by atoms with van der Waals surface area (Å²) in [5.41, 5.74) is 0.802. The predicted molar refractivity (Wildman–Crippen MR) is 120 cm³/mol. The van der Waals surface area contributed by atoms with Crippen LogP contribution in [0.25, 0.3) is 0 Å². The maximum Gasteiger partial charge on any atom is 0.337 e. The lowest BCUT2D eigenvalue weighted by Gasteiger charge is -2.25. The lowest BCUT2D eigenvalue weighted by Crippen LogP contribution is -2.38. The SMILES string of the molecule is COC(=O)c1cccc(NC(=O)CN(c2ccccc2OC)S(=O)(=O)c2ccccc2)c1. The van der Waals surface area contributed by atoms with Gasteiger partial charge in [-0.25, -0.2) is 13.2 Å². The van der Waals surface area contributed by atoms with Gasteiger partial charge in [0.2, 0.25) is 5.91 Å². The summed E-state index contributed by atoms with van der Waals surface area (Å²) in [5.74, 6) is -0.853. The Balaban J connectivity index is 1.95. The molecular formula is C23H22N2O6S. The van der Waals surface area contributed by atoms with Gasteiger partial charge >= 0.3 is 5.97 Å². The summed E-state index contributed by atoms with van der Waals surface area (Å²) in [5, 5.41) is 2.63. The van der Waals surface area contributed by atoms with Crippen LogP contribution < -0.4 is 14.4 Å². The summed E-state index contributed by atoms with van der Waals surface area (Å²) in [7, 11) is -1.40. The molecule has 0 saturated carbocycles. The minimum absolute atomic E-state index is 0.0337. The third kappa shape index (κ3) is 5.06. The van der Waals surface area contributed by atoms with Crippen molar-refractivity contribution in [1.29, 1.82) is 0 Å². The maximum absolute atomic E-state index is 13.4. The Bertz CT molecular complexity index is 1210. The van der Waals surface area contributed by atoms with Gasteiger partial charge < -0.3 is 14.8 Å². The molecule has 166 valence electrons. The van der Waals surface area contributed by atoms with Gasteiger partial charge in [0, 0.05) is 5.69 Å². The molecule has 1 amide bonds. The number of ether oxygens (including phenoxy) is 2. The van der Waals surface area contributed by atoms with Crippen molar-refractivity contribution in [2.24, 2.45) is 0 Å². The number of para-hydroxylation sites is 2. The number of sulfonamides is 1. The number of rotatable bonds is 8. The van der Waals surface area contributed by atoms with Gasteiger partial charge in [0.1, 0.15) is 12.3 Å². The number of amides is 1. The Labute approximate surface area is 186 Å². The molecule has 9 heteroatoms. The van der Waals surface area contributed by atoms with E-state index in [2.05, 4.69) is 10.1 Å². The molecule has 0 aliphatic rings. The molecule has 0 aliphatic heterocycles. The van der Waals surface area contributed by atoms with Crippen LogP contribution >= 0.6 is 0 Å². The number of hydrogen-bond donors (Lipinski definition) is 1. The molecule has 3 rings (SSSR count). The van der Waals surface area contributed by atoms with E-state index in [-0.39, 0.29) is 16.1 Å². The fraction of sp³-hybridized carbons (Fsp3) is 0.130. The van der Waals surface area contributed by atoms with E-state index in [4.69, 9.17) is 4.74 Å². The van der Waals surface area contributed by atoms with Gasteiger partial charge in [-0.1, -0.05) is 36.4 Å². The molecule has 0 fully saturated rings. The zero-order valence-corrected chi connectivity index (χ0v) is 18.3. The molecule has 0 spiro atoms. The first-order chi connectivity index (χ1) is 15.4. The molecule has 0 heterocycles. The van der Waals surface area contributed by atoms with Crippen molar-refractivity contribution in [1.82, 2.24) is 0 Å². The van der Waals surface area contributed by atoms with Crippen LogP contribution in [0.1, 0.15) is 10.4 Å². The second-order valence-electron chi connectivity index (χ2n) is 6.62. The van der Waals surface area contributed by atoms with E-state index in [1.54, 1.807) is 60.7 Å². The van der Waals surface area contributed by atoms with Crippen molar-refractivity contribution in [2.75, 3.05) is 30.4 Å². The summed E-state index contributed by atoms with van der Waals surface area (Å²) in [6.45, 7) is -0.514. The van der Waals surface area contributed by atoms with Crippen LogP contribution in [0.5, 0.6) is 5.75 Å². The molecule has 0 radical (unpaired) electrons. The molecule has 3 aromatic carbocycles. The van der Waals surface area contributed by atoms with E-state index >= 15 is 0 Å². The van der Waals surface area contributed by atoms with Crippen molar-refractivity contribution in [3.63, 3.8) is 0 Å². The number of hydrogen-bond acceptors (Lipinski definition) is 6. The van der Waals surface area contributed by atoms with Crippen LogP contribution in [0.4, 0.5) is 11.4 Å². The van der Waals surface area contributed by atoms with Crippen molar-refractivity contribution in [3.05, 3.63) is 84.4 Å². The van der Waals surface area contributed by atoms with E-state index in [1.807, 2.05) is 0 Å². The highest BCUT2D eigenvalue weighted by atomic mass is 32.2. The third-order valence-electron chi connectivity index (χ3n) is 4.54. The minimum Gasteiger partial charge on any atom is -0.495 e. The van der Waals surface area contributed by atoms with Crippen LogP contribution in [0.15, 0.2) is 83.8 Å². The normalized spacial score (nSPS) is 10.8. The number of nitrogens with zero attached hydrogens (tertiary/aromatic N) is 1. The predicted octanol–water partition coefficient (Wildman–Crippen LogP) is 3.32. The largest absolute Gasteiger partial charge is 0.495 e. The van der Waals surface area contributed by atoms with E-state index < -0.39 is 28.4 Å². The third-order valence-corrected chi connectivity index (χ3v) is 6.31. The fourth-order valence-corrected chi connectivity index (χ4v) is 4.48. The van der Waals surface area contributed by atoms with E-state index in [0.29, 0.717) is 11.4 Å². The van der Waals surface area contributed by atoms with Crippen molar-refractivity contribution >= 4 is 33.3 Å². The van der Waals surface area contributed by atoms with Crippen LogP contribution in [-0.2, 0) is 19.6 Å². The lowest BCUT2D eigenvalue weighted by molar-refractivity contribution is -0.114. The number of benzene rings is 3. The lowest BCUT2D eigenvalue weighted by atomic mass is 10.2. The van der Waals surface area contributed by atoms with Crippen molar-refractivity contribution < 1.29 is 27.5 Å². The van der Waals surface area contributed by atoms with E-state index in [0.717, 1.165) is 4.31 Å². The Morgan fingerprint density at radius 3 is 2.28 bits per heavy atom. The molecule has 1 N–H and O–H groups in total. The highest BCUT2D eigenvalue weighted by molar-refractivity contribution is 7.92. The standard InChI is InChI=1S/C23H22N2O6S/c1-30-21-14-7-6-13-20(21)25(32(28,29)19-11-4-3-5-12-19)16-22(26)24-18-10-8-9-17(15-18)23(27)31-2/h3-15H,16H2,1-2H3,(H,24,26). The van der Waals surface area contributed by atoms with Gasteiger partial charge in [-0.05, 0) is 42.5 Å². The Morgan fingerprint density at radius 1 is 0.906 bits per heavy atom. The summed E-state index contributed by atoms with van der Waals surface area (Å²) < 4.78 is 37.8.